The molecule has 0 atom stereocenters. The van der Waals surface area contributed by atoms with Crippen LogP contribution < -0.4 is 0 Å². The summed E-state index contributed by atoms with van der Waals surface area (Å²) in [6, 6.07) is 9.70. The number of unbranched alkanes of at least 4 members (excludes halogenated alkanes) is 1. The second-order valence-electron chi connectivity index (χ2n) is 4.99. The standard InChI is InChI=1S/C10H20O.C9H8O/c1-4-7-8-10(11)9(5-2)6-3;10-8-4-7-9-5-2-1-3-6-9/h9H,4-8H2,1-3H3;1-8H/b;7-4+. The Labute approximate surface area is 129 Å². The molecule has 0 aliphatic carbocycles. The van der Waals surface area contributed by atoms with Gasteiger partial charge in [-0.3, -0.25) is 9.59 Å². The Morgan fingerprint density at radius 2 is 1.71 bits per heavy atom. The highest BCUT2D eigenvalue weighted by Gasteiger charge is 2.12. The maximum Gasteiger partial charge on any atom is 0.142 e. The molecule has 2 heteroatoms. The lowest BCUT2D eigenvalue weighted by Gasteiger charge is -2.09. The molecule has 0 N–H and O–H groups in total. The molecule has 0 fully saturated rings. The van der Waals surface area contributed by atoms with Gasteiger partial charge in [0.2, 0.25) is 0 Å². The monoisotopic (exact) mass is 288 g/mol. The summed E-state index contributed by atoms with van der Waals surface area (Å²) in [7, 11) is 0. The molecule has 1 rings (SSSR count). The first-order valence-electron chi connectivity index (χ1n) is 7.89. The molecule has 0 bridgehead atoms. The summed E-state index contributed by atoms with van der Waals surface area (Å²) in [5, 5.41) is 0. The number of allylic oxidation sites excluding steroid dienone is 1. The van der Waals surface area contributed by atoms with E-state index in [0.717, 1.165) is 44.0 Å². The van der Waals surface area contributed by atoms with Gasteiger partial charge in [0, 0.05) is 12.3 Å². The molecule has 0 unspecified atom stereocenters. The van der Waals surface area contributed by atoms with Crippen molar-refractivity contribution in [3.8, 4) is 0 Å². The van der Waals surface area contributed by atoms with Crippen molar-refractivity contribution in [3.05, 3.63) is 42.0 Å². The first-order valence-corrected chi connectivity index (χ1v) is 7.89. The van der Waals surface area contributed by atoms with Crippen LogP contribution >= 0.6 is 0 Å². The minimum atomic E-state index is 0.335. The van der Waals surface area contributed by atoms with Crippen LogP contribution in [0.5, 0.6) is 0 Å². The first-order chi connectivity index (χ1) is 10.2. The molecule has 0 heterocycles. The Kier molecular flexibility index (Phi) is 12.2. The normalized spacial score (nSPS) is 10.3. The predicted molar refractivity (Wildman–Crippen MR) is 90.1 cm³/mol. The van der Waals surface area contributed by atoms with Crippen molar-refractivity contribution in [2.75, 3.05) is 0 Å². The molecule has 21 heavy (non-hydrogen) atoms. The van der Waals surface area contributed by atoms with Crippen molar-refractivity contribution in [1.29, 1.82) is 0 Å². The third-order valence-electron chi connectivity index (χ3n) is 3.38. The van der Waals surface area contributed by atoms with Crippen LogP contribution in [0.2, 0.25) is 0 Å². The van der Waals surface area contributed by atoms with Crippen molar-refractivity contribution in [3.63, 3.8) is 0 Å². The minimum absolute atomic E-state index is 0.335. The topological polar surface area (TPSA) is 34.1 Å². The van der Waals surface area contributed by atoms with Crippen LogP contribution in [-0.2, 0) is 9.59 Å². The van der Waals surface area contributed by atoms with Crippen LogP contribution in [0.4, 0.5) is 0 Å². The molecule has 0 aromatic heterocycles. The molecule has 0 amide bonds. The van der Waals surface area contributed by atoms with Gasteiger partial charge in [-0.1, -0.05) is 63.6 Å². The van der Waals surface area contributed by atoms with Gasteiger partial charge >= 0.3 is 0 Å². The summed E-state index contributed by atoms with van der Waals surface area (Å²) in [6.07, 6.45) is 9.04. The number of carbonyl (C=O) groups is 2. The maximum atomic E-state index is 11.4. The van der Waals surface area contributed by atoms with Gasteiger partial charge in [0.15, 0.2) is 0 Å². The number of benzene rings is 1. The van der Waals surface area contributed by atoms with Gasteiger partial charge in [0.05, 0.1) is 0 Å². The first kappa shape index (κ1) is 19.3. The lowest BCUT2D eigenvalue weighted by Crippen LogP contribution is -2.11. The van der Waals surface area contributed by atoms with Crippen molar-refractivity contribution in [1.82, 2.24) is 0 Å². The molecule has 1 aromatic rings. The fraction of sp³-hybridized carbons (Fsp3) is 0.474. The van der Waals surface area contributed by atoms with E-state index in [0.29, 0.717) is 11.7 Å². The van der Waals surface area contributed by atoms with E-state index in [1.165, 1.54) is 6.08 Å². The Hall–Kier alpha value is -1.70. The fourth-order valence-corrected chi connectivity index (χ4v) is 2.01. The van der Waals surface area contributed by atoms with E-state index in [-0.39, 0.29) is 0 Å². The molecule has 0 aliphatic heterocycles. The second kappa shape index (κ2) is 13.3. The predicted octanol–water partition coefficient (Wildman–Crippen LogP) is 5.08. The number of hydrogen-bond acceptors (Lipinski definition) is 2. The summed E-state index contributed by atoms with van der Waals surface area (Å²) >= 11 is 0. The minimum Gasteiger partial charge on any atom is -0.299 e. The summed E-state index contributed by atoms with van der Waals surface area (Å²) in [4.78, 5) is 21.3. The molecular formula is C19H28O2. The second-order valence-corrected chi connectivity index (χ2v) is 4.99. The molecular weight excluding hydrogens is 260 g/mol. The van der Waals surface area contributed by atoms with E-state index in [1.807, 2.05) is 30.3 Å². The molecule has 0 saturated carbocycles. The van der Waals surface area contributed by atoms with E-state index in [2.05, 4.69) is 20.8 Å². The van der Waals surface area contributed by atoms with Crippen LogP contribution in [0.3, 0.4) is 0 Å². The molecule has 2 nitrogen and oxygen atoms in total. The molecule has 1 aromatic carbocycles. The van der Waals surface area contributed by atoms with Crippen molar-refractivity contribution in [2.24, 2.45) is 5.92 Å². The van der Waals surface area contributed by atoms with Crippen LogP contribution in [0.15, 0.2) is 36.4 Å². The fourth-order valence-electron chi connectivity index (χ4n) is 2.01. The van der Waals surface area contributed by atoms with Crippen molar-refractivity contribution >= 4 is 18.1 Å². The van der Waals surface area contributed by atoms with E-state index in [1.54, 1.807) is 6.08 Å². The largest absolute Gasteiger partial charge is 0.299 e. The Morgan fingerprint density at radius 3 is 2.19 bits per heavy atom. The van der Waals surface area contributed by atoms with E-state index >= 15 is 0 Å². The number of rotatable bonds is 8. The number of carbonyl (C=O) groups excluding carboxylic acids is 2. The molecule has 0 aliphatic rings. The number of hydrogen-bond donors (Lipinski definition) is 0. The van der Waals surface area contributed by atoms with Crippen LogP contribution in [0, 0.1) is 5.92 Å². The Morgan fingerprint density at radius 1 is 1.10 bits per heavy atom. The smallest absolute Gasteiger partial charge is 0.142 e. The maximum absolute atomic E-state index is 11.4. The van der Waals surface area contributed by atoms with Crippen LogP contribution in [0.1, 0.15) is 58.4 Å². The zero-order chi connectivity index (χ0) is 15.9. The average molecular weight is 288 g/mol. The summed E-state index contributed by atoms with van der Waals surface area (Å²) in [5.41, 5.74) is 1.05. The lowest BCUT2D eigenvalue weighted by atomic mass is 9.95. The van der Waals surface area contributed by atoms with Crippen LogP contribution in [0.25, 0.3) is 6.08 Å². The highest BCUT2D eigenvalue weighted by atomic mass is 16.1. The number of ketones is 1. The van der Waals surface area contributed by atoms with E-state index in [9.17, 15) is 9.59 Å². The highest BCUT2D eigenvalue weighted by molar-refractivity contribution is 5.80. The zero-order valence-electron chi connectivity index (χ0n) is 13.5. The van der Waals surface area contributed by atoms with Gasteiger partial charge in [-0.25, -0.2) is 0 Å². The summed E-state index contributed by atoms with van der Waals surface area (Å²) in [6.45, 7) is 6.32. The third-order valence-corrected chi connectivity index (χ3v) is 3.38. The van der Waals surface area contributed by atoms with E-state index < -0.39 is 0 Å². The SMILES string of the molecule is CCCCC(=O)C(CC)CC.O=C/C=C/c1ccccc1. The molecule has 0 saturated heterocycles. The summed E-state index contributed by atoms with van der Waals surface area (Å²) < 4.78 is 0. The van der Waals surface area contributed by atoms with Crippen LogP contribution in [-0.4, -0.2) is 12.1 Å². The van der Waals surface area contributed by atoms with Gasteiger partial charge in [0.25, 0.3) is 0 Å². The highest BCUT2D eigenvalue weighted by Crippen LogP contribution is 2.12. The van der Waals surface area contributed by atoms with Gasteiger partial charge in [-0.05, 0) is 30.9 Å². The average Bonchev–Trinajstić information content (AvgIpc) is 2.53. The molecule has 116 valence electrons. The van der Waals surface area contributed by atoms with Gasteiger partial charge in [-0.15, -0.1) is 0 Å². The van der Waals surface area contributed by atoms with Crippen molar-refractivity contribution < 1.29 is 9.59 Å². The van der Waals surface area contributed by atoms with Gasteiger partial charge < -0.3 is 0 Å². The lowest BCUT2D eigenvalue weighted by molar-refractivity contribution is -0.123. The molecule has 0 spiro atoms. The Balaban J connectivity index is 0.000000382. The van der Waals surface area contributed by atoms with Gasteiger partial charge in [0.1, 0.15) is 12.1 Å². The zero-order valence-corrected chi connectivity index (χ0v) is 13.5. The Bertz CT molecular complexity index is 403. The van der Waals surface area contributed by atoms with Crippen molar-refractivity contribution in [2.45, 2.75) is 52.9 Å². The molecule has 0 radical (unpaired) electrons. The quantitative estimate of drug-likeness (QED) is 0.494. The third kappa shape index (κ3) is 9.78. The number of Topliss-reactive ketones (excluding diaryl/α,β-unsaturated/α-hetero) is 1. The van der Waals surface area contributed by atoms with E-state index in [4.69, 9.17) is 0 Å². The van der Waals surface area contributed by atoms with Gasteiger partial charge in [-0.2, -0.15) is 0 Å². The number of aldehydes is 1. The summed E-state index contributed by atoms with van der Waals surface area (Å²) in [5.74, 6) is 0.804.